The molecule has 0 aliphatic carbocycles. The summed E-state index contributed by atoms with van der Waals surface area (Å²) in [5.74, 6) is -0.467. The van der Waals surface area contributed by atoms with Gasteiger partial charge in [-0.2, -0.15) is 5.10 Å². The van der Waals surface area contributed by atoms with Crippen molar-refractivity contribution in [2.75, 3.05) is 13.6 Å². The highest BCUT2D eigenvalue weighted by Crippen LogP contribution is 2.24. The largest absolute Gasteiger partial charge is 0.506 e. The molecule has 0 radical (unpaired) electrons. The van der Waals surface area contributed by atoms with Crippen molar-refractivity contribution in [2.45, 2.75) is 13.5 Å². The van der Waals surface area contributed by atoms with E-state index in [2.05, 4.69) is 41.5 Å². The fourth-order valence-corrected chi connectivity index (χ4v) is 3.09. The van der Waals surface area contributed by atoms with E-state index in [1.807, 2.05) is 24.3 Å². The molecule has 6 heteroatoms. The number of hydrogen-bond donors (Lipinski definition) is 2. The lowest BCUT2D eigenvalue weighted by molar-refractivity contribution is 0.0955. The molecular formula is C22H22ClN3O2. The third kappa shape index (κ3) is 4.50. The van der Waals surface area contributed by atoms with E-state index in [1.54, 1.807) is 6.21 Å². The Kier molecular flexibility index (Phi) is 6.29. The number of halogens is 1. The number of nitrogens with one attached hydrogen (secondary N) is 1. The topological polar surface area (TPSA) is 64.9 Å². The number of hydrogen-bond acceptors (Lipinski definition) is 4. The van der Waals surface area contributed by atoms with Crippen LogP contribution >= 0.6 is 11.6 Å². The van der Waals surface area contributed by atoms with Crippen molar-refractivity contribution >= 4 is 34.5 Å². The van der Waals surface area contributed by atoms with Crippen molar-refractivity contribution in [3.05, 3.63) is 76.3 Å². The maximum Gasteiger partial charge on any atom is 0.271 e. The summed E-state index contributed by atoms with van der Waals surface area (Å²) in [6.45, 7) is 3.98. The van der Waals surface area contributed by atoms with Gasteiger partial charge in [0.25, 0.3) is 5.91 Å². The summed E-state index contributed by atoms with van der Waals surface area (Å²) in [6.07, 6.45) is 1.63. The fraction of sp³-hybridized carbons (Fsp3) is 0.182. The number of phenolic OH excluding ortho intramolecular Hbond substituents is 1. The van der Waals surface area contributed by atoms with Crippen molar-refractivity contribution in [1.82, 2.24) is 10.3 Å². The summed E-state index contributed by atoms with van der Waals surface area (Å²) in [5, 5.41) is 15.9. The van der Waals surface area contributed by atoms with Crippen LogP contribution in [0.5, 0.6) is 5.75 Å². The number of benzene rings is 3. The quantitative estimate of drug-likeness (QED) is 0.479. The van der Waals surface area contributed by atoms with Gasteiger partial charge in [-0.05, 0) is 48.1 Å². The molecule has 0 saturated heterocycles. The molecule has 2 N–H and O–H groups in total. The lowest BCUT2D eigenvalue weighted by Crippen LogP contribution is -2.18. The predicted molar refractivity (Wildman–Crippen MR) is 114 cm³/mol. The molecule has 3 aromatic carbocycles. The molecule has 28 heavy (non-hydrogen) atoms. The minimum atomic E-state index is -0.399. The van der Waals surface area contributed by atoms with E-state index in [4.69, 9.17) is 11.6 Å². The zero-order chi connectivity index (χ0) is 20.1. The van der Waals surface area contributed by atoms with E-state index in [0.29, 0.717) is 5.56 Å². The fourth-order valence-electron chi connectivity index (χ4n) is 2.91. The van der Waals surface area contributed by atoms with E-state index in [1.165, 1.54) is 29.1 Å². The maximum atomic E-state index is 12.2. The second kappa shape index (κ2) is 8.87. The van der Waals surface area contributed by atoms with Gasteiger partial charge in [0.2, 0.25) is 0 Å². The molecule has 0 heterocycles. The first-order chi connectivity index (χ1) is 13.5. The molecule has 0 unspecified atom stereocenters. The standard InChI is InChI=1S/C22H22ClN3O2/c1-3-26(2)14-17-9-8-16(18-6-4-5-7-19(17)18)13-24-25-22(28)15-10-11-21(27)20(23)12-15/h4-13,27H,3,14H2,1-2H3,(H,25,28)/b24-13+. The second-order valence-electron chi connectivity index (χ2n) is 6.56. The lowest BCUT2D eigenvalue weighted by Gasteiger charge is -2.16. The van der Waals surface area contributed by atoms with Crippen LogP contribution in [-0.2, 0) is 6.54 Å². The Morgan fingerprint density at radius 1 is 1.18 bits per heavy atom. The summed E-state index contributed by atoms with van der Waals surface area (Å²) in [4.78, 5) is 14.4. The summed E-state index contributed by atoms with van der Waals surface area (Å²) in [6, 6.07) is 16.5. The predicted octanol–water partition coefficient (Wildman–Crippen LogP) is 4.41. The Morgan fingerprint density at radius 3 is 2.64 bits per heavy atom. The smallest absolute Gasteiger partial charge is 0.271 e. The number of phenols is 1. The Labute approximate surface area is 169 Å². The molecule has 0 atom stereocenters. The van der Waals surface area contributed by atoms with Crippen LogP contribution in [0.4, 0.5) is 0 Å². The lowest BCUT2D eigenvalue weighted by atomic mass is 10.00. The zero-order valence-electron chi connectivity index (χ0n) is 15.8. The third-order valence-electron chi connectivity index (χ3n) is 4.61. The number of hydrazone groups is 1. The van der Waals surface area contributed by atoms with Crippen LogP contribution in [0, 0.1) is 0 Å². The monoisotopic (exact) mass is 395 g/mol. The third-order valence-corrected chi connectivity index (χ3v) is 4.91. The summed E-state index contributed by atoms with van der Waals surface area (Å²) < 4.78 is 0. The Morgan fingerprint density at radius 2 is 1.93 bits per heavy atom. The molecule has 0 aromatic heterocycles. The van der Waals surface area contributed by atoms with E-state index in [-0.39, 0.29) is 10.8 Å². The van der Waals surface area contributed by atoms with Gasteiger partial charge in [0, 0.05) is 17.7 Å². The van der Waals surface area contributed by atoms with Crippen LogP contribution in [0.3, 0.4) is 0 Å². The van der Waals surface area contributed by atoms with Crippen molar-refractivity contribution < 1.29 is 9.90 Å². The molecule has 0 bridgehead atoms. The van der Waals surface area contributed by atoms with Gasteiger partial charge in [0.05, 0.1) is 11.2 Å². The molecular weight excluding hydrogens is 374 g/mol. The van der Waals surface area contributed by atoms with E-state index in [0.717, 1.165) is 24.0 Å². The van der Waals surface area contributed by atoms with Gasteiger partial charge in [0.15, 0.2) is 0 Å². The first-order valence-corrected chi connectivity index (χ1v) is 9.38. The van der Waals surface area contributed by atoms with Gasteiger partial charge in [-0.25, -0.2) is 5.43 Å². The minimum absolute atomic E-state index is 0.0676. The van der Waals surface area contributed by atoms with Crippen molar-refractivity contribution in [2.24, 2.45) is 5.10 Å². The number of aromatic hydroxyl groups is 1. The van der Waals surface area contributed by atoms with Crippen LogP contribution in [0.2, 0.25) is 5.02 Å². The average Bonchev–Trinajstić information content (AvgIpc) is 2.71. The minimum Gasteiger partial charge on any atom is -0.506 e. The van der Waals surface area contributed by atoms with Crippen LogP contribution in [0.15, 0.2) is 59.7 Å². The van der Waals surface area contributed by atoms with Crippen molar-refractivity contribution in [3.63, 3.8) is 0 Å². The highest BCUT2D eigenvalue weighted by atomic mass is 35.5. The van der Waals surface area contributed by atoms with Crippen LogP contribution in [0.25, 0.3) is 10.8 Å². The summed E-state index contributed by atoms with van der Waals surface area (Å²) in [5.41, 5.74) is 4.99. The van der Waals surface area contributed by atoms with Gasteiger partial charge in [-0.3, -0.25) is 4.79 Å². The number of rotatable bonds is 6. The maximum absolute atomic E-state index is 12.2. The van der Waals surface area contributed by atoms with Gasteiger partial charge >= 0.3 is 0 Å². The Balaban J connectivity index is 1.81. The number of amides is 1. The average molecular weight is 396 g/mol. The molecule has 3 rings (SSSR count). The molecule has 0 aliphatic rings. The van der Waals surface area contributed by atoms with Crippen molar-refractivity contribution in [1.29, 1.82) is 0 Å². The highest BCUT2D eigenvalue weighted by Gasteiger charge is 2.08. The molecule has 5 nitrogen and oxygen atoms in total. The molecule has 1 amide bonds. The second-order valence-corrected chi connectivity index (χ2v) is 6.96. The molecule has 0 aliphatic heterocycles. The molecule has 3 aromatic rings. The van der Waals surface area contributed by atoms with Gasteiger partial charge < -0.3 is 10.0 Å². The number of carbonyl (C=O) groups is 1. The normalized spacial score (nSPS) is 11.4. The van der Waals surface area contributed by atoms with Crippen LogP contribution < -0.4 is 5.43 Å². The first-order valence-electron chi connectivity index (χ1n) is 9.00. The Hall–Kier alpha value is -2.89. The van der Waals surface area contributed by atoms with E-state index in [9.17, 15) is 9.90 Å². The molecule has 0 spiro atoms. The zero-order valence-corrected chi connectivity index (χ0v) is 16.6. The number of fused-ring (bicyclic) bond motifs is 1. The van der Waals surface area contributed by atoms with Crippen LogP contribution in [0.1, 0.15) is 28.4 Å². The van der Waals surface area contributed by atoms with Gasteiger partial charge in [0.1, 0.15) is 5.75 Å². The molecule has 0 fully saturated rings. The summed E-state index contributed by atoms with van der Waals surface area (Å²) in [7, 11) is 2.09. The number of nitrogens with zero attached hydrogens (tertiary/aromatic N) is 2. The Bertz CT molecular complexity index is 1030. The van der Waals surface area contributed by atoms with E-state index < -0.39 is 5.91 Å². The SMILES string of the molecule is CCN(C)Cc1ccc(/C=N/NC(=O)c2ccc(O)c(Cl)c2)c2ccccc12. The summed E-state index contributed by atoms with van der Waals surface area (Å²) >= 11 is 5.84. The van der Waals surface area contributed by atoms with Crippen LogP contribution in [-0.4, -0.2) is 35.7 Å². The number of carbonyl (C=O) groups excluding carboxylic acids is 1. The van der Waals surface area contributed by atoms with Crippen molar-refractivity contribution in [3.8, 4) is 5.75 Å². The first kappa shape index (κ1) is 19.9. The molecule has 144 valence electrons. The molecule has 0 saturated carbocycles. The van der Waals surface area contributed by atoms with Gasteiger partial charge in [-0.1, -0.05) is 54.9 Å². The van der Waals surface area contributed by atoms with E-state index >= 15 is 0 Å². The highest BCUT2D eigenvalue weighted by molar-refractivity contribution is 6.32. The van der Waals surface area contributed by atoms with Gasteiger partial charge in [-0.15, -0.1) is 0 Å².